The number of rotatable bonds is 12. The van der Waals surface area contributed by atoms with Gasteiger partial charge in [0.15, 0.2) is 0 Å². The smallest absolute Gasteiger partial charge is 0.320 e. The Kier molecular flexibility index (Phi) is 11.2. The van der Waals surface area contributed by atoms with Gasteiger partial charge in [-0.05, 0) is 97.7 Å². The van der Waals surface area contributed by atoms with Crippen LogP contribution in [0.2, 0.25) is 5.02 Å². The Labute approximate surface area is 272 Å². The fourth-order valence-electron chi connectivity index (χ4n) is 6.58. The number of piperidine rings is 1. The van der Waals surface area contributed by atoms with Gasteiger partial charge in [0, 0.05) is 36.8 Å². The molecule has 45 heavy (non-hydrogen) atoms. The van der Waals surface area contributed by atoms with E-state index in [1.807, 2.05) is 35.2 Å². The first-order chi connectivity index (χ1) is 21.7. The summed E-state index contributed by atoms with van der Waals surface area (Å²) in [5, 5.41) is 20.0. The second-order valence-corrected chi connectivity index (χ2v) is 12.6. The van der Waals surface area contributed by atoms with Crippen molar-refractivity contribution >= 4 is 29.7 Å². The Hall–Kier alpha value is -3.36. The van der Waals surface area contributed by atoms with E-state index in [-0.39, 0.29) is 6.10 Å². The Morgan fingerprint density at radius 1 is 0.978 bits per heavy atom. The number of methoxy groups -OCH3 is 1. The molecule has 0 spiro atoms. The molecule has 0 aromatic heterocycles. The molecule has 2 heterocycles. The number of aliphatic hydroxyl groups excluding tert-OH is 1. The van der Waals surface area contributed by atoms with Crippen molar-refractivity contribution in [1.29, 1.82) is 0 Å². The molecule has 0 amide bonds. The summed E-state index contributed by atoms with van der Waals surface area (Å²) in [6.45, 7) is 8.76. The maximum atomic E-state index is 11.8. The van der Waals surface area contributed by atoms with Gasteiger partial charge in [0.2, 0.25) is 0 Å². The SMILES string of the molecule is COc1cc(C=Cc2cccc(-c3cccc(OCCCN4CC[C@@H](O)C4)c3C)c2C)c(Cl)cc1CN1CCCCC1C(=O)O. The minimum absolute atomic E-state index is 0.191. The molecule has 0 bridgehead atoms. The molecule has 7 nitrogen and oxygen atoms in total. The number of β-amino-alcohol motifs (C(OH)–C–C–N with tert-alkyl or cyclic N) is 1. The number of carbonyl (C=O) groups is 1. The van der Waals surface area contributed by atoms with Crippen molar-refractivity contribution in [3.8, 4) is 22.6 Å². The molecule has 0 aliphatic carbocycles. The van der Waals surface area contributed by atoms with Crippen molar-refractivity contribution in [1.82, 2.24) is 9.80 Å². The van der Waals surface area contributed by atoms with Gasteiger partial charge >= 0.3 is 5.97 Å². The predicted molar refractivity (Wildman–Crippen MR) is 181 cm³/mol. The average Bonchev–Trinajstić information content (AvgIpc) is 3.45. The second kappa shape index (κ2) is 15.3. The van der Waals surface area contributed by atoms with Crippen LogP contribution in [0.15, 0.2) is 48.5 Å². The lowest BCUT2D eigenvalue weighted by atomic mass is 9.93. The molecule has 8 heteroatoms. The fourth-order valence-corrected chi connectivity index (χ4v) is 6.83. The van der Waals surface area contributed by atoms with Crippen LogP contribution in [0.5, 0.6) is 11.5 Å². The topological polar surface area (TPSA) is 82.5 Å². The first kappa shape index (κ1) is 33.0. The number of likely N-dealkylation sites (tertiary alicyclic amines) is 2. The first-order valence-electron chi connectivity index (χ1n) is 16.0. The highest BCUT2D eigenvalue weighted by atomic mass is 35.5. The molecule has 2 atom stereocenters. The lowest BCUT2D eigenvalue weighted by Gasteiger charge is -2.33. The molecular formula is C37H45ClN2O5. The molecule has 3 aromatic rings. The molecule has 0 radical (unpaired) electrons. The van der Waals surface area contributed by atoms with Crippen molar-refractivity contribution in [2.45, 2.75) is 64.6 Å². The molecule has 0 saturated carbocycles. The minimum atomic E-state index is -0.776. The Balaban J connectivity index is 1.30. The highest BCUT2D eigenvalue weighted by molar-refractivity contribution is 6.32. The van der Waals surface area contributed by atoms with E-state index in [2.05, 4.69) is 49.1 Å². The van der Waals surface area contributed by atoms with Crippen molar-refractivity contribution in [2.75, 3.05) is 39.9 Å². The van der Waals surface area contributed by atoms with Crippen LogP contribution in [0.25, 0.3) is 23.3 Å². The average molecular weight is 633 g/mol. The van der Waals surface area contributed by atoms with Gasteiger partial charge in [0.05, 0.1) is 19.8 Å². The van der Waals surface area contributed by atoms with Gasteiger partial charge < -0.3 is 24.6 Å². The summed E-state index contributed by atoms with van der Waals surface area (Å²) in [4.78, 5) is 16.1. The van der Waals surface area contributed by atoms with Crippen molar-refractivity contribution in [3.05, 3.63) is 81.4 Å². The third-order valence-electron chi connectivity index (χ3n) is 9.19. The van der Waals surface area contributed by atoms with Crippen molar-refractivity contribution in [3.63, 3.8) is 0 Å². The lowest BCUT2D eigenvalue weighted by Crippen LogP contribution is -2.44. The van der Waals surface area contributed by atoms with Crippen LogP contribution in [-0.4, -0.2) is 78.0 Å². The van der Waals surface area contributed by atoms with Gasteiger partial charge in [-0.15, -0.1) is 0 Å². The van der Waals surface area contributed by atoms with Gasteiger partial charge in [-0.1, -0.05) is 60.5 Å². The lowest BCUT2D eigenvalue weighted by molar-refractivity contribution is -0.144. The summed E-state index contributed by atoms with van der Waals surface area (Å²) >= 11 is 6.77. The van der Waals surface area contributed by atoms with Gasteiger partial charge in [0.1, 0.15) is 17.5 Å². The maximum Gasteiger partial charge on any atom is 0.320 e. The molecular weight excluding hydrogens is 588 g/mol. The normalized spacial score (nSPS) is 19.3. The first-order valence-corrected chi connectivity index (χ1v) is 16.4. The number of aliphatic carboxylic acids is 1. The molecule has 2 saturated heterocycles. The van der Waals surface area contributed by atoms with Gasteiger partial charge in [-0.2, -0.15) is 0 Å². The zero-order valence-electron chi connectivity index (χ0n) is 26.6. The quantitative estimate of drug-likeness (QED) is 0.163. The number of ether oxygens (including phenoxy) is 2. The molecule has 240 valence electrons. The van der Waals surface area contributed by atoms with Crippen molar-refractivity contribution in [2.24, 2.45) is 0 Å². The van der Waals surface area contributed by atoms with E-state index in [1.165, 1.54) is 0 Å². The Morgan fingerprint density at radius 2 is 1.73 bits per heavy atom. The fraction of sp³-hybridized carbons (Fsp3) is 0.432. The number of hydrogen-bond acceptors (Lipinski definition) is 6. The molecule has 1 unspecified atom stereocenters. The molecule has 2 aliphatic rings. The highest BCUT2D eigenvalue weighted by Crippen LogP contribution is 2.35. The van der Waals surface area contributed by atoms with Crippen LogP contribution in [0.4, 0.5) is 0 Å². The number of carboxylic acid groups (broad SMARTS) is 1. The number of aliphatic hydroxyl groups is 1. The Bertz CT molecular complexity index is 1520. The van der Waals surface area contributed by atoms with E-state index in [1.54, 1.807) is 7.11 Å². The molecule has 5 rings (SSSR count). The van der Waals surface area contributed by atoms with Crippen LogP contribution in [-0.2, 0) is 11.3 Å². The molecule has 2 aliphatic heterocycles. The molecule has 2 N–H and O–H groups in total. The van der Waals surface area contributed by atoms with Gasteiger partial charge in [-0.3, -0.25) is 9.69 Å². The van der Waals surface area contributed by atoms with E-state index >= 15 is 0 Å². The number of nitrogens with zero attached hydrogens (tertiary/aromatic N) is 2. The third kappa shape index (κ3) is 8.08. The summed E-state index contributed by atoms with van der Waals surface area (Å²) in [6.07, 6.45) is 8.25. The second-order valence-electron chi connectivity index (χ2n) is 12.2. The summed E-state index contributed by atoms with van der Waals surface area (Å²) in [7, 11) is 1.64. The monoisotopic (exact) mass is 632 g/mol. The zero-order valence-corrected chi connectivity index (χ0v) is 27.4. The highest BCUT2D eigenvalue weighted by Gasteiger charge is 2.29. The Morgan fingerprint density at radius 3 is 2.47 bits per heavy atom. The van der Waals surface area contributed by atoms with Crippen LogP contribution >= 0.6 is 11.6 Å². The third-order valence-corrected chi connectivity index (χ3v) is 9.52. The predicted octanol–water partition coefficient (Wildman–Crippen LogP) is 7.08. The summed E-state index contributed by atoms with van der Waals surface area (Å²) in [6, 6.07) is 15.9. The zero-order chi connectivity index (χ0) is 31.9. The number of halogens is 1. The summed E-state index contributed by atoms with van der Waals surface area (Å²) in [5.41, 5.74) is 7.38. The number of carboxylic acids is 1. The van der Waals surface area contributed by atoms with Crippen LogP contribution in [0.1, 0.15) is 59.9 Å². The van der Waals surface area contributed by atoms with Crippen LogP contribution in [0, 0.1) is 13.8 Å². The van der Waals surface area contributed by atoms with Crippen LogP contribution < -0.4 is 9.47 Å². The van der Waals surface area contributed by atoms with E-state index in [9.17, 15) is 15.0 Å². The standard InChI is InChI=1S/C37H45ClN2O5/c1-25-27(14-15-28-22-36(44-3)29(21-33(28)38)23-40-18-5-4-12-34(40)37(42)43)9-6-10-31(25)32-11-7-13-35(26(32)2)45-20-8-17-39-19-16-30(41)24-39/h6-7,9-11,13-15,21-22,30,34,41H,4-5,8,12,16-20,23-24H2,1-3H3,(H,42,43)/t30-,34?/m1/s1. The largest absolute Gasteiger partial charge is 0.496 e. The van der Waals surface area contributed by atoms with Gasteiger partial charge in [-0.25, -0.2) is 0 Å². The maximum absolute atomic E-state index is 11.8. The molecule has 2 fully saturated rings. The van der Waals surface area contributed by atoms with E-state index < -0.39 is 12.0 Å². The van der Waals surface area contributed by atoms with Crippen molar-refractivity contribution < 1.29 is 24.5 Å². The number of hydrogen-bond donors (Lipinski definition) is 2. The summed E-state index contributed by atoms with van der Waals surface area (Å²) < 4.78 is 11.9. The van der Waals surface area contributed by atoms with E-state index in [0.717, 1.165) is 96.6 Å². The number of benzene rings is 3. The minimum Gasteiger partial charge on any atom is -0.496 e. The summed E-state index contributed by atoms with van der Waals surface area (Å²) in [5.74, 6) is 0.818. The molecule has 3 aromatic carbocycles. The van der Waals surface area contributed by atoms with Crippen LogP contribution in [0.3, 0.4) is 0 Å². The van der Waals surface area contributed by atoms with E-state index in [0.29, 0.717) is 30.3 Å². The van der Waals surface area contributed by atoms with Gasteiger partial charge in [0.25, 0.3) is 0 Å². The van der Waals surface area contributed by atoms with E-state index in [4.69, 9.17) is 21.1 Å².